The molecule has 1 N–H and O–H groups in total. The van der Waals surface area contributed by atoms with Crippen LogP contribution < -0.4 is 5.32 Å². The van der Waals surface area contributed by atoms with Crippen molar-refractivity contribution in [1.82, 2.24) is 5.32 Å². The maximum absolute atomic E-state index is 5.03. The normalized spacial score (nSPS) is 12.9. The van der Waals surface area contributed by atoms with Gasteiger partial charge in [-0.1, -0.05) is 20.3 Å². The summed E-state index contributed by atoms with van der Waals surface area (Å²) >= 11 is 1.97. The minimum atomic E-state index is 0.746. The van der Waals surface area contributed by atoms with Gasteiger partial charge in [0.2, 0.25) is 0 Å². The lowest BCUT2D eigenvalue weighted by Crippen LogP contribution is -2.26. The van der Waals surface area contributed by atoms with Crippen molar-refractivity contribution in [3.63, 3.8) is 0 Å². The van der Waals surface area contributed by atoms with Crippen LogP contribution in [0.5, 0.6) is 0 Å². The van der Waals surface area contributed by atoms with Crippen LogP contribution in [0.25, 0.3) is 0 Å². The molecule has 98 valence electrons. The maximum atomic E-state index is 5.03. The number of ether oxygens (including phenoxy) is 1. The van der Waals surface area contributed by atoms with Crippen molar-refractivity contribution in [3.05, 3.63) is 21.9 Å². The van der Waals surface area contributed by atoms with Gasteiger partial charge in [0.1, 0.15) is 0 Å². The third-order valence-corrected chi connectivity index (χ3v) is 4.30. The summed E-state index contributed by atoms with van der Waals surface area (Å²) in [5.74, 6) is 0.746. The molecule has 0 saturated carbocycles. The highest BCUT2D eigenvalue weighted by Crippen LogP contribution is 2.21. The van der Waals surface area contributed by atoms with E-state index in [-0.39, 0.29) is 0 Å². The van der Waals surface area contributed by atoms with Gasteiger partial charge in [-0.15, -0.1) is 11.3 Å². The van der Waals surface area contributed by atoms with Gasteiger partial charge in [0.05, 0.1) is 6.61 Å². The zero-order valence-electron chi connectivity index (χ0n) is 11.3. The number of thiophene rings is 1. The van der Waals surface area contributed by atoms with Crippen LogP contribution in [0.15, 0.2) is 12.1 Å². The van der Waals surface area contributed by atoms with Crippen molar-refractivity contribution in [2.24, 2.45) is 5.92 Å². The molecule has 0 aliphatic carbocycles. The van der Waals surface area contributed by atoms with E-state index in [1.165, 1.54) is 22.6 Å². The summed E-state index contributed by atoms with van der Waals surface area (Å²) in [5, 5.41) is 3.46. The average Bonchev–Trinajstić information content (AvgIpc) is 2.80. The van der Waals surface area contributed by atoms with Gasteiger partial charge in [0, 0.05) is 23.4 Å². The third kappa shape index (κ3) is 5.66. The van der Waals surface area contributed by atoms with Crippen molar-refractivity contribution in [2.75, 3.05) is 26.8 Å². The highest BCUT2D eigenvalue weighted by molar-refractivity contribution is 7.11. The molecule has 0 radical (unpaired) electrons. The quantitative estimate of drug-likeness (QED) is 0.685. The van der Waals surface area contributed by atoms with Crippen LogP contribution in [0.3, 0.4) is 0 Å². The zero-order chi connectivity index (χ0) is 12.5. The Morgan fingerprint density at radius 3 is 2.65 bits per heavy atom. The smallest absolute Gasteiger partial charge is 0.0587 e. The standard InChI is InChI=1S/C14H25NOS/c1-4-12(11-15-8-9-16-3)10-14-7-6-13(5-2)17-14/h6-7,12,15H,4-5,8-11H2,1-3H3. The molecule has 1 atom stereocenters. The molecular formula is C14H25NOS. The van der Waals surface area contributed by atoms with Gasteiger partial charge in [-0.2, -0.15) is 0 Å². The molecule has 0 amide bonds. The molecule has 0 aliphatic rings. The molecule has 0 aromatic carbocycles. The Morgan fingerprint density at radius 2 is 2.06 bits per heavy atom. The number of hydrogen-bond donors (Lipinski definition) is 1. The molecule has 1 unspecified atom stereocenters. The lowest BCUT2D eigenvalue weighted by atomic mass is 10.0. The predicted octanol–water partition coefficient (Wildman–Crippen LogP) is 3.12. The van der Waals surface area contributed by atoms with E-state index >= 15 is 0 Å². The first-order valence-corrected chi connectivity index (χ1v) is 7.39. The molecule has 0 bridgehead atoms. The average molecular weight is 255 g/mol. The SMILES string of the molecule is CCc1ccc(CC(CC)CNCCOC)s1. The summed E-state index contributed by atoms with van der Waals surface area (Å²) in [6.45, 7) is 7.35. The van der Waals surface area contributed by atoms with Crippen molar-refractivity contribution in [2.45, 2.75) is 33.1 Å². The minimum absolute atomic E-state index is 0.746. The van der Waals surface area contributed by atoms with E-state index in [1.54, 1.807) is 7.11 Å². The van der Waals surface area contributed by atoms with Crippen molar-refractivity contribution >= 4 is 11.3 Å². The molecule has 0 spiro atoms. The van der Waals surface area contributed by atoms with Gasteiger partial charge in [0.25, 0.3) is 0 Å². The fourth-order valence-electron chi connectivity index (χ4n) is 1.85. The molecule has 17 heavy (non-hydrogen) atoms. The van der Waals surface area contributed by atoms with Crippen LogP contribution in [0.2, 0.25) is 0 Å². The second kappa shape index (κ2) is 8.67. The lowest BCUT2D eigenvalue weighted by Gasteiger charge is -2.14. The summed E-state index contributed by atoms with van der Waals surface area (Å²) in [6, 6.07) is 4.56. The van der Waals surface area contributed by atoms with Gasteiger partial charge >= 0.3 is 0 Å². The van der Waals surface area contributed by atoms with E-state index in [1.807, 2.05) is 11.3 Å². The van der Waals surface area contributed by atoms with E-state index in [2.05, 4.69) is 31.3 Å². The monoisotopic (exact) mass is 255 g/mol. The summed E-state index contributed by atoms with van der Waals surface area (Å²) < 4.78 is 5.03. The summed E-state index contributed by atoms with van der Waals surface area (Å²) in [4.78, 5) is 3.03. The van der Waals surface area contributed by atoms with Gasteiger partial charge in [-0.25, -0.2) is 0 Å². The summed E-state index contributed by atoms with van der Waals surface area (Å²) in [5.41, 5.74) is 0. The summed E-state index contributed by atoms with van der Waals surface area (Å²) in [6.07, 6.45) is 3.61. The van der Waals surface area contributed by atoms with E-state index < -0.39 is 0 Å². The lowest BCUT2D eigenvalue weighted by molar-refractivity contribution is 0.197. The first kappa shape index (κ1) is 14.7. The van der Waals surface area contributed by atoms with E-state index in [9.17, 15) is 0 Å². The van der Waals surface area contributed by atoms with Crippen LogP contribution in [0.4, 0.5) is 0 Å². The molecule has 1 heterocycles. The molecule has 0 fully saturated rings. The Bertz CT molecular complexity index is 298. The predicted molar refractivity (Wildman–Crippen MR) is 75.9 cm³/mol. The molecule has 3 heteroatoms. The van der Waals surface area contributed by atoms with Gasteiger partial charge in [-0.05, 0) is 37.4 Å². The first-order chi connectivity index (χ1) is 8.30. The number of aryl methyl sites for hydroxylation is 1. The van der Waals surface area contributed by atoms with E-state index in [0.29, 0.717) is 0 Å². The van der Waals surface area contributed by atoms with E-state index in [4.69, 9.17) is 4.74 Å². The topological polar surface area (TPSA) is 21.3 Å². The number of methoxy groups -OCH3 is 1. The van der Waals surface area contributed by atoms with Crippen molar-refractivity contribution < 1.29 is 4.74 Å². The van der Waals surface area contributed by atoms with Gasteiger partial charge < -0.3 is 10.1 Å². The molecule has 0 saturated heterocycles. The fraction of sp³-hybridized carbons (Fsp3) is 0.714. The van der Waals surface area contributed by atoms with Crippen LogP contribution in [0.1, 0.15) is 30.0 Å². The molecular weight excluding hydrogens is 230 g/mol. The first-order valence-electron chi connectivity index (χ1n) is 6.57. The van der Waals surface area contributed by atoms with Crippen LogP contribution in [0, 0.1) is 5.92 Å². The van der Waals surface area contributed by atoms with Crippen LogP contribution in [-0.2, 0) is 17.6 Å². The van der Waals surface area contributed by atoms with Crippen molar-refractivity contribution in [1.29, 1.82) is 0 Å². The second-order valence-electron chi connectivity index (χ2n) is 4.40. The third-order valence-electron chi connectivity index (χ3n) is 3.05. The minimum Gasteiger partial charge on any atom is -0.383 e. The van der Waals surface area contributed by atoms with Crippen LogP contribution in [-0.4, -0.2) is 26.8 Å². The largest absolute Gasteiger partial charge is 0.383 e. The fourth-order valence-corrected chi connectivity index (χ4v) is 2.92. The second-order valence-corrected chi connectivity index (χ2v) is 5.65. The van der Waals surface area contributed by atoms with Gasteiger partial charge in [-0.3, -0.25) is 0 Å². The van der Waals surface area contributed by atoms with Crippen LogP contribution >= 0.6 is 11.3 Å². The number of hydrogen-bond acceptors (Lipinski definition) is 3. The number of nitrogens with one attached hydrogen (secondary N) is 1. The van der Waals surface area contributed by atoms with Crippen molar-refractivity contribution in [3.8, 4) is 0 Å². The van der Waals surface area contributed by atoms with Gasteiger partial charge in [0.15, 0.2) is 0 Å². The Morgan fingerprint density at radius 1 is 1.29 bits per heavy atom. The highest BCUT2D eigenvalue weighted by Gasteiger charge is 2.08. The Balaban J connectivity index is 2.30. The highest BCUT2D eigenvalue weighted by atomic mass is 32.1. The Hall–Kier alpha value is -0.380. The number of rotatable bonds is 9. The Kier molecular flexibility index (Phi) is 7.49. The molecule has 2 nitrogen and oxygen atoms in total. The molecule has 0 aliphatic heterocycles. The molecule has 1 aromatic rings. The zero-order valence-corrected chi connectivity index (χ0v) is 12.1. The molecule has 1 rings (SSSR count). The maximum Gasteiger partial charge on any atom is 0.0587 e. The summed E-state index contributed by atoms with van der Waals surface area (Å²) in [7, 11) is 1.75. The molecule has 1 aromatic heterocycles. The van der Waals surface area contributed by atoms with E-state index in [0.717, 1.165) is 32.0 Å². The Labute approximate surface area is 109 Å².